The number of nitrogens with zero attached hydrogens (tertiary/aromatic N) is 1. The topological polar surface area (TPSA) is 73.6 Å². The molecular formula is C18H22N2O4. The van der Waals surface area contributed by atoms with Gasteiger partial charge < -0.3 is 19.3 Å². The van der Waals surface area contributed by atoms with Crippen LogP contribution in [-0.4, -0.2) is 31.4 Å². The maximum absolute atomic E-state index is 12.6. The molecule has 1 aliphatic heterocycles. The number of hydrogen-bond acceptors (Lipinski definition) is 5. The SMILES string of the molecule is COCc1cc(C(=O)N[C@@H](c2ccccc2)C2CCOCC2)no1. The van der Waals surface area contributed by atoms with Crippen LogP contribution in [0.5, 0.6) is 0 Å². The second-order valence-electron chi connectivity index (χ2n) is 5.92. The molecule has 6 heteroatoms. The Balaban J connectivity index is 1.76. The van der Waals surface area contributed by atoms with Crippen molar-refractivity contribution in [3.8, 4) is 0 Å². The predicted molar refractivity (Wildman–Crippen MR) is 87.4 cm³/mol. The molecule has 1 aliphatic rings. The quantitative estimate of drug-likeness (QED) is 0.881. The predicted octanol–water partition coefficient (Wildman–Crippen LogP) is 2.72. The molecule has 0 aliphatic carbocycles. The van der Waals surface area contributed by atoms with Gasteiger partial charge in [0.05, 0.1) is 6.04 Å². The van der Waals surface area contributed by atoms with E-state index >= 15 is 0 Å². The molecule has 1 amide bonds. The van der Waals surface area contributed by atoms with Crippen molar-refractivity contribution >= 4 is 5.91 Å². The van der Waals surface area contributed by atoms with Crippen LogP contribution >= 0.6 is 0 Å². The third kappa shape index (κ3) is 4.01. The summed E-state index contributed by atoms with van der Waals surface area (Å²) < 4.78 is 15.5. The van der Waals surface area contributed by atoms with Crippen LogP contribution in [0, 0.1) is 5.92 Å². The van der Waals surface area contributed by atoms with Gasteiger partial charge in [-0.15, -0.1) is 0 Å². The smallest absolute Gasteiger partial charge is 0.273 e. The molecule has 1 saturated heterocycles. The van der Waals surface area contributed by atoms with E-state index in [2.05, 4.69) is 10.5 Å². The van der Waals surface area contributed by atoms with Crippen LogP contribution in [0.2, 0.25) is 0 Å². The number of aromatic nitrogens is 1. The molecule has 1 N–H and O–H groups in total. The highest BCUT2D eigenvalue weighted by Crippen LogP contribution is 2.30. The minimum Gasteiger partial charge on any atom is -0.381 e. The monoisotopic (exact) mass is 330 g/mol. The first-order chi connectivity index (χ1) is 11.8. The average Bonchev–Trinajstić information content (AvgIpc) is 3.10. The molecule has 6 nitrogen and oxygen atoms in total. The maximum Gasteiger partial charge on any atom is 0.273 e. The Bertz CT molecular complexity index is 650. The molecular weight excluding hydrogens is 308 g/mol. The van der Waals surface area contributed by atoms with Gasteiger partial charge in [0.25, 0.3) is 5.91 Å². The molecule has 1 fully saturated rings. The number of rotatable bonds is 6. The number of benzene rings is 1. The van der Waals surface area contributed by atoms with Gasteiger partial charge in [-0.3, -0.25) is 4.79 Å². The van der Waals surface area contributed by atoms with Crippen LogP contribution < -0.4 is 5.32 Å². The molecule has 0 radical (unpaired) electrons. The zero-order chi connectivity index (χ0) is 16.8. The zero-order valence-corrected chi connectivity index (χ0v) is 13.7. The molecule has 1 aromatic carbocycles. The van der Waals surface area contributed by atoms with Gasteiger partial charge >= 0.3 is 0 Å². The number of methoxy groups -OCH3 is 1. The second kappa shape index (κ2) is 8.08. The molecule has 24 heavy (non-hydrogen) atoms. The molecule has 2 heterocycles. The van der Waals surface area contributed by atoms with Crippen molar-refractivity contribution < 1.29 is 18.8 Å². The molecule has 0 saturated carbocycles. The highest BCUT2D eigenvalue weighted by atomic mass is 16.5. The van der Waals surface area contributed by atoms with Gasteiger partial charge in [-0.25, -0.2) is 0 Å². The fraction of sp³-hybridized carbons (Fsp3) is 0.444. The number of nitrogens with one attached hydrogen (secondary N) is 1. The van der Waals surface area contributed by atoms with E-state index in [9.17, 15) is 4.79 Å². The van der Waals surface area contributed by atoms with Crippen molar-refractivity contribution in [2.45, 2.75) is 25.5 Å². The number of carbonyl (C=O) groups is 1. The number of ether oxygens (including phenoxy) is 2. The Labute approximate surface area is 141 Å². The standard InChI is InChI=1S/C18H22N2O4/c1-22-12-15-11-16(20-24-15)18(21)19-17(13-5-3-2-4-6-13)14-7-9-23-10-8-14/h2-6,11,14,17H,7-10,12H2,1H3,(H,19,21)/t17-/m0/s1. The average molecular weight is 330 g/mol. The van der Waals surface area contributed by atoms with E-state index in [0.29, 0.717) is 18.3 Å². The minimum atomic E-state index is -0.235. The van der Waals surface area contributed by atoms with Crippen molar-refractivity contribution in [2.75, 3.05) is 20.3 Å². The van der Waals surface area contributed by atoms with Crippen LogP contribution in [0.15, 0.2) is 40.9 Å². The Kier molecular flexibility index (Phi) is 5.61. The summed E-state index contributed by atoms with van der Waals surface area (Å²) in [5.74, 6) is 0.641. The Morgan fingerprint density at radius 1 is 1.33 bits per heavy atom. The third-order valence-corrected chi connectivity index (χ3v) is 4.26. The first-order valence-electron chi connectivity index (χ1n) is 8.16. The van der Waals surface area contributed by atoms with E-state index in [1.54, 1.807) is 13.2 Å². The van der Waals surface area contributed by atoms with E-state index < -0.39 is 0 Å². The summed E-state index contributed by atoms with van der Waals surface area (Å²) >= 11 is 0. The lowest BCUT2D eigenvalue weighted by Crippen LogP contribution is -2.36. The largest absolute Gasteiger partial charge is 0.381 e. The van der Waals surface area contributed by atoms with E-state index in [0.717, 1.165) is 31.6 Å². The highest BCUT2D eigenvalue weighted by molar-refractivity contribution is 5.92. The Hall–Kier alpha value is -2.18. The number of amides is 1. The summed E-state index contributed by atoms with van der Waals surface area (Å²) in [6, 6.07) is 11.6. The Morgan fingerprint density at radius 2 is 2.08 bits per heavy atom. The van der Waals surface area contributed by atoms with Crippen LogP contribution in [0.1, 0.15) is 40.7 Å². The molecule has 2 aromatic rings. The number of hydrogen-bond donors (Lipinski definition) is 1. The lowest BCUT2D eigenvalue weighted by atomic mass is 9.87. The molecule has 3 rings (SSSR count). The summed E-state index contributed by atoms with van der Waals surface area (Å²) in [5, 5.41) is 6.95. The fourth-order valence-electron chi connectivity index (χ4n) is 3.03. The lowest BCUT2D eigenvalue weighted by Gasteiger charge is -2.31. The summed E-state index contributed by atoms with van der Waals surface area (Å²) in [5.41, 5.74) is 1.37. The molecule has 1 atom stereocenters. The van der Waals surface area contributed by atoms with Gasteiger partial charge in [0.1, 0.15) is 6.61 Å². The van der Waals surface area contributed by atoms with Crippen molar-refractivity contribution in [3.63, 3.8) is 0 Å². The van der Waals surface area contributed by atoms with Gasteiger partial charge in [0.15, 0.2) is 11.5 Å². The van der Waals surface area contributed by atoms with Gasteiger partial charge in [0, 0.05) is 26.4 Å². The Morgan fingerprint density at radius 3 is 2.79 bits per heavy atom. The summed E-state index contributed by atoms with van der Waals surface area (Å²) in [7, 11) is 1.57. The van der Waals surface area contributed by atoms with E-state index in [-0.39, 0.29) is 17.6 Å². The van der Waals surface area contributed by atoms with E-state index in [1.165, 1.54) is 0 Å². The van der Waals surface area contributed by atoms with Gasteiger partial charge in [-0.1, -0.05) is 35.5 Å². The van der Waals surface area contributed by atoms with E-state index in [1.807, 2.05) is 30.3 Å². The van der Waals surface area contributed by atoms with Crippen LogP contribution in [0.3, 0.4) is 0 Å². The number of carbonyl (C=O) groups excluding carboxylic acids is 1. The second-order valence-corrected chi connectivity index (χ2v) is 5.92. The van der Waals surface area contributed by atoms with Crippen molar-refractivity contribution in [2.24, 2.45) is 5.92 Å². The maximum atomic E-state index is 12.6. The van der Waals surface area contributed by atoms with Gasteiger partial charge in [-0.2, -0.15) is 0 Å². The van der Waals surface area contributed by atoms with Gasteiger partial charge in [0.2, 0.25) is 0 Å². The van der Waals surface area contributed by atoms with Crippen molar-refractivity contribution in [1.82, 2.24) is 10.5 Å². The molecule has 128 valence electrons. The molecule has 0 spiro atoms. The molecule has 0 unspecified atom stereocenters. The molecule has 1 aromatic heterocycles. The third-order valence-electron chi connectivity index (χ3n) is 4.26. The van der Waals surface area contributed by atoms with Crippen LogP contribution in [-0.2, 0) is 16.1 Å². The first kappa shape index (κ1) is 16.7. The van der Waals surface area contributed by atoms with Crippen LogP contribution in [0.25, 0.3) is 0 Å². The summed E-state index contributed by atoms with van der Waals surface area (Å²) in [6.45, 7) is 1.75. The lowest BCUT2D eigenvalue weighted by molar-refractivity contribution is 0.0512. The summed E-state index contributed by atoms with van der Waals surface area (Å²) in [6.07, 6.45) is 1.85. The van der Waals surface area contributed by atoms with Crippen molar-refractivity contribution in [1.29, 1.82) is 0 Å². The summed E-state index contributed by atoms with van der Waals surface area (Å²) in [4.78, 5) is 12.6. The first-order valence-corrected chi connectivity index (χ1v) is 8.16. The van der Waals surface area contributed by atoms with Crippen molar-refractivity contribution in [3.05, 3.63) is 53.4 Å². The fourth-order valence-corrected chi connectivity index (χ4v) is 3.03. The zero-order valence-electron chi connectivity index (χ0n) is 13.7. The van der Waals surface area contributed by atoms with E-state index in [4.69, 9.17) is 14.0 Å². The normalized spacial score (nSPS) is 16.7. The molecule has 0 bridgehead atoms. The van der Waals surface area contributed by atoms with Crippen LogP contribution in [0.4, 0.5) is 0 Å². The minimum absolute atomic E-state index is 0.0647. The van der Waals surface area contributed by atoms with Gasteiger partial charge in [-0.05, 0) is 24.3 Å². The highest BCUT2D eigenvalue weighted by Gasteiger charge is 2.28.